The van der Waals surface area contributed by atoms with E-state index in [0.717, 1.165) is 116 Å². The van der Waals surface area contributed by atoms with Crippen LogP contribution in [0.15, 0.2) is 109 Å². The van der Waals surface area contributed by atoms with Gasteiger partial charge in [-0.1, -0.05) is 360 Å². The Labute approximate surface area is 913 Å². The Morgan fingerprint density at radius 1 is 0.193 bits per heavy atom. The molecule has 0 saturated heterocycles. The van der Waals surface area contributed by atoms with E-state index in [2.05, 4.69) is 203 Å². The third-order valence-electron chi connectivity index (χ3n) is 29.8. The lowest BCUT2D eigenvalue weighted by Crippen LogP contribution is -2.15. The minimum absolute atomic E-state index is 0.332. The molecule has 3 N–H and O–H groups in total. The van der Waals surface area contributed by atoms with Crippen molar-refractivity contribution in [1.82, 2.24) is 15.0 Å². The molecular formula is C132H210N6O12. The second-order valence-corrected chi connectivity index (χ2v) is 49.4. The van der Waals surface area contributed by atoms with E-state index in [4.69, 9.17) is 57.6 Å². The van der Waals surface area contributed by atoms with Crippen LogP contribution in [0.5, 0.6) is 51.7 Å². The van der Waals surface area contributed by atoms with Gasteiger partial charge in [-0.2, -0.15) is 0 Å². The molecule has 0 aliphatic heterocycles. The molecule has 7 rings (SSSR count). The molecule has 0 unspecified atom stereocenters. The van der Waals surface area contributed by atoms with E-state index in [0.29, 0.717) is 286 Å². The summed E-state index contributed by atoms with van der Waals surface area (Å²) in [6.45, 7) is 66.2. The summed E-state index contributed by atoms with van der Waals surface area (Å²) < 4.78 is 61.3. The quantitative estimate of drug-likeness (QED) is 0.0324. The number of amides is 3. The lowest BCUT2D eigenvalue weighted by Gasteiger charge is -2.21. The molecule has 3 amide bonds. The highest BCUT2D eigenvalue weighted by molar-refractivity contribution is 6.07. The van der Waals surface area contributed by atoms with Crippen LogP contribution in [0.2, 0.25) is 0 Å². The number of nitrogens with zero attached hydrogens (tertiary/aromatic N) is 3. The summed E-state index contributed by atoms with van der Waals surface area (Å²) in [7, 11) is 0. The first-order valence-corrected chi connectivity index (χ1v) is 59.9. The SMILES string of the molecule is CC(C)CCC[C@H](C)CCOc1cc(C(=O)Nc2ccc(-c3nc(-c4ccc(NC(=O)c5cc(OCC[C@@H](C)CCCC(C)C)c(OCC[C@@H](C)CCCC(C)C)c(OCC[C@@H](C)CCCC(C)C)c5)cc4)nc(-c4ccc(NC(=O)c5cc(OCC[C@@H](C)CCCC(C)C)c(OCC[C@@H](C)CCCC(C)C)c(OCC[C@@H](C)CCCC(C)C)c5)cc4)n3)cc2)cc(OCC[C@@H](C)CCCC(C)C)c1OCC[C@@H](C)CCCC(C)C. The number of hydrogen-bond acceptors (Lipinski definition) is 15. The molecule has 0 fully saturated rings. The van der Waals surface area contributed by atoms with Gasteiger partial charge in [-0.05, 0) is 274 Å². The highest BCUT2D eigenvalue weighted by Crippen LogP contribution is 2.45. The van der Waals surface area contributed by atoms with Crippen molar-refractivity contribution >= 4 is 34.8 Å². The highest BCUT2D eigenvalue weighted by Gasteiger charge is 2.28. The normalized spacial score (nSPS) is 13.7. The first-order chi connectivity index (χ1) is 71.7. The van der Waals surface area contributed by atoms with E-state index in [-0.39, 0.29) is 17.7 Å². The summed E-state index contributed by atoms with van der Waals surface area (Å²) in [5.74, 6) is 14.8. The number of benzene rings is 6. The molecule has 18 heteroatoms. The summed E-state index contributed by atoms with van der Waals surface area (Å²) in [6.07, 6.45) is 39.2. The predicted octanol–water partition coefficient (Wildman–Crippen LogP) is 37.7. The fraction of sp³-hybridized carbons (Fsp3) is 0.682. The van der Waals surface area contributed by atoms with E-state index in [1.54, 1.807) is 0 Å². The Morgan fingerprint density at radius 2 is 0.333 bits per heavy atom. The maximum Gasteiger partial charge on any atom is 0.255 e. The molecule has 6 aromatic carbocycles. The summed E-state index contributed by atoms with van der Waals surface area (Å²) >= 11 is 0. The largest absolute Gasteiger partial charge is 0.490 e. The smallest absolute Gasteiger partial charge is 0.255 e. The monoisotopic (exact) mass is 2070 g/mol. The van der Waals surface area contributed by atoms with E-state index in [1.165, 1.54) is 116 Å². The molecule has 9 atom stereocenters. The Balaban J connectivity index is 1.30. The second-order valence-electron chi connectivity index (χ2n) is 49.4. The molecule has 18 nitrogen and oxygen atoms in total. The number of rotatable bonds is 81. The van der Waals surface area contributed by atoms with E-state index in [9.17, 15) is 0 Å². The highest BCUT2D eigenvalue weighted by atomic mass is 16.6. The fourth-order valence-electron chi connectivity index (χ4n) is 19.2. The number of anilines is 3. The van der Waals surface area contributed by atoms with Crippen LogP contribution in [0.1, 0.15) is 449 Å². The molecule has 150 heavy (non-hydrogen) atoms. The van der Waals surface area contributed by atoms with Crippen molar-refractivity contribution in [3.63, 3.8) is 0 Å². The second kappa shape index (κ2) is 71.1. The van der Waals surface area contributed by atoms with Gasteiger partial charge in [-0.15, -0.1) is 0 Å². The third kappa shape index (κ3) is 52.2. The van der Waals surface area contributed by atoms with Gasteiger partial charge in [0, 0.05) is 50.4 Å². The first-order valence-electron chi connectivity index (χ1n) is 59.9. The van der Waals surface area contributed by atoms with Gasteiger partial charge in [-0.25, -0.2) is 15.0 Å². The van der Waals surface area contributed by atoms with Crippen LogP contribution in [0.25, 0.3) is 34.2 Å². The van der Waals surface area contributed by atoms with Crippen molar-refractivity contribution < 1.29 is 57.0 Å². The van der Waals surface area contributed by atoms with Crippen molar-refractivity contribution in [2.75, 3.05) is 75.4 Å². The first kappa shape index (κ1) is 128. The van der Waals surface area contributed by atoms with Gasteiger partial charge in [0.1, 0.15) is 0 Å². The topological polar surface area (TPSA) is 209 Å². The Bertz CT molecular complexity index is 4240. The van der Waals surface area contributed by atoms with Crippen LogP contribution < -0.4 is 58.6 Å². The van der Waals surface area contributed by atoms with Crippen LogP contribution in [0.4, 0.5) is 17.1 Å². The van der Waals surface area contributed by atoms with Gasteiger partial charge in [0.15, 0.2) is 52.0 Å². The molecule has 7 aromatic rings. The summed E-state index contributed by atoms with van der Waals surface area (Å²) in [5.41, 5.74) is 4.79. The summed E-state index contributed by atoms with van der Waals surface area (Å²) in [4.78, 5) is 61.0. The maximum absolute atomic E-state index is 15.1. The molecule has 0 radical (unpaired) electrons. The van der Waals surface area contributed by atoms with E-state index in [1.807, 2.05) is 109 Å². The van der Waals surface area contributed by atoms with Gasteiger partial charge in [-0.3, -0.25) is 14.4 Å². The number of carbonyl (C=O) groups excluding carboxylic acids is 3. The molecule has 0 aliphatic rings. The van der Waals surface area contributed by atoms with Crippen LogP contribution >= 0.6 is 0 Å². The van der Waals surface area contributed by atoms with Gasteiger partial charge in [0.05, 0.1) is 59.5 Å². The predicted molar refractivity (Wildman–Crippen MR) is 631 cm³/mol. The van der Waals surface area contributed by atoms with Gasteiger partial charge in [0.2, 0.25) is 17.2 Å². The van der Waals surface area contributed by atoms with Crippen molar-refractivity contribution in [2.24, 2.45) is 107 Å². The molecule has 0 spiro atoms. The zero-order chi connectivity index (χ0) is 109. The summed E-state index contributed by atoms with van der Waals surface area (Å²) in [5, 5.41) is 9.70. The lowest BCUT2D eigenvalue weighted by molar-refractivity contribution is 0.101. The van der Waals surface area contributed by atoms with Crippen molar-refractivity contribution in [3.05, 3.63) is 126 Å². The van der Waals surface area contributed by atoms with Gasteiger partial charge < -0.3 is 58.6 Å². The molecule has 0 aliphatic carbocycles. The molecule has 1 aromatic heterocycles. The maximum atomic E-state index is 15.1. The molecule has 0 bridgehead atoms. The van der Waals surface area contributed by atoms with Crippen molar-refractivity contribution in [3.8, 4) is 85.9 Å². The Morgan fingerprint density at radius 3 is 0.473 bits per heavy atom. The summed E-state index contributed by atoms with van der Waals surface area (Å²) in [6, 6.07) is 33.6. The van der Waals surface area contributed by atoms with Crippen molar-refractivity contribution in [1.29, 1.82) is 0 Å². The zero-order valence-electron chi connectivity index (χ0n) is 99.3. The van der Waals surface area contributed by atoms with E-state index < -0.39 is 0 Å². The van der Waals surface area contributed by atoms with Crippen LogP contribution in [0.3, 0.4) is 0 Å². The number of aromatic nitrogens is 3. The van der Waals surface area contributed by atoms with Gasteiger partial charge in [0.25, 0.3) is 17.7 Å². The average Bonchev–Trinajstić information content (AvgIpc) is 0.783. The van der Waals surface area contributed by atoms with Crippen LogP contribution in [-0.4, -0.2) is 92.1 Å². The van der Waals surface area contributed by atoms with Gasteiger partial charge >= 0.3 is 0 Å². The zero-order valence-corrected chi connectivity index (χ0v) is 99.3. The lowest BCUT2D eigenvalue weighted by atomic mass is 9.97. The number of carbonyl (C=O) groups is 3. The number of nitrogens with one attached hydrogen (secondary N) is 3. The van der Waals surface area contributed by atoms with Crippen molar-refractivity contribution in [2.45, 2.75) is 418 Å². The molecule has 840 valence electrons. The third-order valence-corrected chi connectivity index (χ3v) is 29.8. The molecular weight excluding hydrogens is 1860 g/mol. The standard InChI is InChI=1S/C132H210N6O12/c1-91(2)37-28-46-100(19)67-76-142-118-85-112(86-119(143-77-68-101(20)47-29-38-92(3)4)124(118)148-82-73-106(25)52-34-43-97(13)14)130(139)133-115-61-55-109(56-62-115)127-136-128(110-57-63-116(64-58-110)134-131(140)113-87-120(144-78-69-102(21)48-30-39-93(5)6)125(149-83-74-107(26)53-35-44-98(15)16)121(88-113)145-79-70-103(22)49-31-40-94(7)8)138-129(137-127)111-59-65-117(66-60-111)135-132(141)114-89-122(146-80-71-104(23)50-32-41-95(9)10)126(150-84-75-108(27)54-36-45-99(17)18)123(90-114)147-81-72-105(24)51-33-42-96(11)12/h55-66,85-108H,28-54,67-84H2,1-27H3,(H,133,139)(H,134,140)(H,135,141)/t100-,101-,102-,103-,104-,105-,106-,107-,108-/m0/s1. The van der Waals surface area contributed by atoms with Crippen LogP contribution in [-0.2, 0) is 0 Å². The number of hydrogen-bond donors (Lipinski definition) is 3. The minimum Gasteiger partial charge on any atom is -0.490 e. The Hall–Kier alpha value is -9.06. The van der Waals surface area contributed by atoms with Crippen LogP contribution in [0, 0.1) is 107 Å². The van der Waals surface area contributed by atoms with E-state index >= 15 is 14.4 Å². The minimum atomic E-state index is -0.332. The molecule has 1 heterocycles. The molecule has 0 saturated carbocycles. The number of ether oxygens (including phenoxy) is 9. The Kier molecular flexibility index (Phi) is 60.6. The fourth-order valence-corrected chi connectivity index (χ4v) is 19.2. The average molecular weight is 2070 g/mol.